The molecule has 2 aromatic heterocycles. The lowest BCUT2D eigenvalue weighted by Crippen LogP contribution is -2.34. The third kappa shape index (κ3) is 17.8. The fourth-order valence-electron chi connectivity index (χ4n) is 7.63. The summed E-state index contributed by atoms with van der Waals surface area (Å²) < 4.78 is 0. The number of aromatic hydroxyl groups is 2. The number of hydrogen-bond donors (Lipinski definition) is 18. The number of hydrogen-bond acceptors (Lipinski definition) is 25. The first kappa shape index (κ1) is 59.9. The second kappa shape index (κ2) is 31.8. The number of phenolic OH excluding ortho intramolecular Hbond substituents is 2. The third-order valence-corrected chi connectivity index (χ3v) is 11.0. The molecule has 0 spiro atoms. The molecule has 0 atom stereocenters. The first-order chi connectivity index (χ1) is 36.2. The zero-order valence-corrected chi connectivity index (χ0v) is 41.9. The van der Waals surface area contributed by atoms with Gasteiger partial charge in [0.1, 0.15) is 22.5 Å². The summed E-state index contributed by atoms with van der Waals surface area (Å²) in [6.07, 6.45) is 6.26. The number of fused-ring (bicyclic) bond motifs is 3. The number of phenols is 2. The summed E-state index contributed by atoms with van der Waals surface area (Å²) in [6.45, 7) is 7.11. The van der Waals surface area contributed by atoms with E-state index < -0.39 is 11.6 Å². The number of ketones is 2. The molecule has 410 valence electrons. The van der Waals surface area contributed by atoms with Crippen molar-refractivity contribution in [3.8, 4) is 11.5 Å². The molecule has 4 aromatic rings. The summed E-state index contributed by atoms with van der Waals surface area (Å²) in [6, 6.07) is 5.74. The van der Waals surface area contributed by atoms with Crippen molar-refractivity contribution >= 4 is 75.5 Å². The monoisotopic (exact) mass is 1050 g/mol. The van der Waals surface area contributed by atoms with Gasteiger partial charge in [-0.3, -0.25) is 20.4 Å². The predicted octanol–water partition coefficient (Wildman–Crippen LogP) is -2.83. The van der Waals surface area contributed by atoms with Gasteiger partial charge in [0.25, 0.3) is 0 Å². The van der Waals surface area contributed by atoms with Gasteiger partial charge < -0.3 is 88.3 Å². The highest BCUT2D eigenvalue weighted by atomic mass is 16.3. The van der Waals surface area contributed by atoms with Crippen LogP contribution in [0.5, 0.6) is 11.5 Å². The van der Waals surface area contributed by atoms with E-state index in [1.165, 1.54) is 24.8 Å². The van der Waals surface area contributed by atoms with Crippen molar-refractivity contribution in [2.24, 2.45) is 21.7 Å². The van der Waals surface area contributed by atoms with Gasteiger partial charge in [0.15, 0.2) is 5.82 Å². The van der Waals surface area contributed by atoms with E-state index in [-0.39, 0.29) is 85.3 Å². The van der Waals surface area contributed by atoms with Crippen molar-refractivity contribution in [3.63, 3.8) is 0 Å². The van der Waals surface area contributed by atoms with Gasteiger partial charge in [-0.05, 0) is 50.5 Å². The maximum atomic E-state index is 13.4. The summed E-state index contributed by atoms with van der Waals surface area (Å²) >= 11 is 0. The van der Waals surface area contributed by atoms with Crippen molar-refractivity contribution in [1.82, 2.24) is 41.4 Å². The van der Waals surface area contributed by atoms with Gasteiger partial charge in [-0.1, -0.05) is 0 Å². The van der Waals surface area contributed by atoms with Crippen molar-refractivity contribution in [2.45, 2.75) is 26.2 Å². The van der Waals surface area contributed by atoms with Crippen LogP contribution >= 0.6 is 0 Å². The maximum Gasteiger partial charge on any atom is 0.228 e. The second-order valence-corrected chi connectivity index (χ2v) is 16.5. The molecule has 0 saturated carbocycles. The largest absolute Gasteiger partial charge is 0.507 e. The minimum Gasteiger partial charge on any atom is -0.507 e. The molecule has 0 radical (unpaired) electrons. The number of aromatic nitrogens is 4. The number of nitrogens with two attached hydrogens (primary N) is 2. The Morgan fingerprint density at radius 3 is 1.61 bits per heavy atom. The molecule has 29 heteroatoms. The highest BCUT2D eigenvalue weighted by Gasteiger charge is 2.38. The molecule has 20 N–H and O–H groups in total. The number of nitrogens with one attached hydrogen (secondary N) is 8. The average Bonchev–Trinajstić information content (AvgIpc) is 3.40. The van der Waals surface area contributed by atoms with E-state index in [0.29, 0.717) is 111 Å². The van der Waals surface area contributed by atoms with Crippen LogP contribution in [0.4, 0.5) is 29.1 Å². The number of hydrazone groups is 2. The van der Waals surface area contributed by atoms with Crippen LogP contribution in [0.2, 0.25) is 0 Å². The van der Waals surface area contributed by atoms with E-state index in [9.17, 15) is 40.2 Å². The van der Waals surface area contributed by atoms with Crippen molar-refractivity contribution < 1.29 is 50.4 Å². The van der Waals surface area contributed by atoms with Crippen LogP contribution in [-0.4, -0.2) is 214 Å². The number of guanidine groups is 2. The molecular formula is C46H71N19O10. The molecule has 1 fully saturated rings. The molecule has 2 aromatic carbocycles. The Bertz CT molecular complexity index is 2480. The van der Waals surface area contributed by atoms with Gasteiger partial charge in [-0.25, -0.2) is 25.8 Å². The Balaban J connectivity index is 0.000000264. The fraction of sp³-hybridized carbons (Fsp3) is 0.478. The third-order valence-electron chi connectivity index (χ3n) is 11.0. The van der Waals surface area contributed by atoms with Crippen LogP contribution < -0.4 is 58.3 Å². The zero-order chi connectivity index (χ0) is 54.7. The summed E-state index contributed by atoms with van der Waals surface area (Å²) in [5, 5.41) is 109. The summed E-state index contributed by atoms with van der Waals surface area (Å²) in [5.41, 5.74) is 16.7. The zero-order valence-electron chi connectivity index (χ0n) is 41.9. The molecule has 75 heavy (non-hydrogen) atoms. The molecule has 1 aliphatic heterocycles. The Morgan fingerprint density at radius 1 is 0.653 bits per heavy atom. The topological polar surface area (TPSA) is 454 Å². The van der Waals surface area contributed by atoms with E-state index in [1.54, 1.807) is 35.1 Å². The first-order valence-corrected chi connectivity index (χ1v) is 24.2. The molecule has 0 bridgehead atoms. The van der Waals surface area contributed by atoms with E-state index in [0.717, 1.165) is 25.9 Å². The Morgan fingerprint density at radius 2 is 1.15 bits per heavy atom. The summed E-state index contributed by atoms with van der Waals surface area (Å²) in [5.74, 6) is -0.851. The van der Waals surface area contributed by atoms with E-state index in [4.69, 9.17) is 37.5 Å². The molecule has 1 saturated heterocycles. The van der Waals surface area contributed by atoms with Crippen LogP contribution in [0.25, 0.3) is 11.0 Å². The number of rotatable bonds is 26. The van der Waals surface area contributed by atoms with Crippen LogP contribution in [-0.2, 0) is 0 Å². The Kier molecular flexibility index (Phi) is 25.4. The normalized spacial score (nSPS) is 13.0. The van der Waals surface area contributed by atoms with Crippen LogP contribution in [0, 0.1) is 10.8 Å². The Labute approximate surface area is 432 Å². The van der Waals surface area contributed by atoms with E-state index in [2.05, 4.69) is 62.2 Å². The Hall–Kier alpha value is -7.64. The van der Waals surface area contributed by atoms with Gasteiger partial charge in [0.2, 0.25) is 35.4 Å². The number of anilines is 5. The summed E-state index contributed by atoms with van der Waals surface area (Å²) in [4.78, 5) is 50.8. The fourth-order valence-corrected chi connectivity index (χ4v) is 7.63. The van der Waals surface area contributed by atoms with Gasteiger partial charge in [0.05, 0.1) is 80.0 Å². The standard InChI is InChI=1S/C22H28N4O6.C19H31N7O4.C5H12N8/c27-11-9-23-5-7-25-13-1-2-14(26-8-6-24-10-12-28)18-17(13)21(31)19-15(29)3-4-16(30)20(19)22(18)32;27-10-6-25(7-11-28)18-20-14-15-16(22-18)17(24-4-2-1-3-5-24)23-19(21-15)26(8-12-29)9-13-30;1-3(11-13-5(8)9)2-10-12-4(6)7/h1-4,23-30H,5-12H2;14,27-30H,1-13H2;2H,1H3,(H4,6,7,12)(H4,8,9,13)/b;;10-2+,11-3+. The molecule has 1 aliphatic carbocycles. The minimum atomic E-state index is -0.559. The number of piperidine rings is 1. The van der Waals surface area contributed by atoms with Crippen molar-refractivity contribution in [1.29, 1.82) is 10.8 Å². The number of benzene rings is 2. The molecule has 2 aliphatic rings. The first-order valence-electron chi connectivity index (χ1n) is 24.2. The molecular weight excluding hydrogens is 979 g/mol. The van der Waals surface area contributed by atoms with Crippen LogP contribution in [0.15, 0.2) is 40.7 Å². The number of nitrogens with zero attached hydrogens (tertiary/aromatic N) is 9. The lowest BCUT2D eigenvalue weighted by molar-refractivity contribution is 0.0975. The highest BCUT2D eigenvalue weighted by molar-refractivity contribution is 6.33. The number of carbonyl (C=O) groups excluding carboxylic acids is 2. The molecule has 6 rings (SSSR count). The quantitative estimate of drug-likeness (QED) is 0.00872. The van der Waals surface area contributed by atoms with E-state index >= 15 is 0 Å². The number of carbonyl (C=O) groups is 2. The number of aliphatic hydroxyl groups is 6. The van der Waals surface area contributed by atoms with Crippen molar-refractivity contribution in [3.05, 3.63) is 52.7 Å². The number of aliphatic hydroxyl groups excluding tert-OH is 6. The second-order valence-electron chi connectivity index (χ2n) is 16.5. The molecule has 29 nitrogen and oxygen atoms in total. The predicted molar refractivity (Wildman–Crippen MR) is 286 cm³/mol. The summed E-state index contributed by atoms with van der Waals surface area (Å²) in [7, 11) is 0. The molecule has 0 amide bonds. The van der Waals surface area contributed by atoms with Gasteiger partial charge in [-0.2, -0.15) is 15.2 Å². The van der Waals surface area contributed by atoms with Gasteiger partial charge >= 0.3 is 0 Å². The SMILES string of the molecule is CC(/C=N/NC(=N)N)=N\NC(=N)N.O=C1c2c(O)ccc(O)c2C(=O)c2c(NCCNCCO)ccc(NCCNCCO)c21.OCCN(CCO)c1nc(N2CCCCC2)c2nc(N(CCO)CCO)ncc2n1. The lowest BCUT2D eigenvalue weighted by atomic mass is 9.81. The van der Waals surface area contributed by atoms with Gasteiger partial charge in [-0.15, -0.1) is 0 Å². The van der Waals surface area contributed by atoms with Gasteiger partial charge in [0, 0.05) is 89.9 Å². The minimum absolute atomic E-state index is 0.00939. The lowest BCUT2D eigenvalue weighted by Gasteiger charge is -2.30. The van der Waals surface area contributed by atoms with Crippen molar-refractivity contribution in [2.75, 3.05) is 144 Å². The molecule has 0 unspecified atom stereocenters. The smallest absolute Gasteiger partial charge is 0.228 e. The molecule has 3 heterocycles. The average molecular weight is 1050 g/mol. The highest BCUT2D eigenvalue weighted by Crippen LogP contribution is 2.42. The van der Waals surface area contributed by atoms with E-state index in [1.807, 2.05) is 0 Å². The van der Waals surface area contributed by atoms with Crippen LogP contribution in [0.3, 0.4) is 0 Å². The maximum absolute atomic E-state index is 13.4. The van der Waals surface area contributed by atoms with Crippen LogP contribution in [0.1, 0.15) is 58.0 Å².